The lowest BCUT2D eigenvalue weighted by atomic mass is 10.0. The van der Waals surface area contributed by atoms with Crippen LogP contribution in [0.3, 0.4) is 0 Å². The second kappa shape index (κ2) is 26.8. The highest BCUT2D eigenvalue weighted by Crippen LogP contribution is 2.44. The monoisotopic (exact) mass is 826 g/mol. The van der Waals surface area contributed by atoms with Gasteiger partial charge in [-0.05, 0) is 125 Å². The summed E-state index contributed by atoms with van der Waals surface area (Å²) in [6, 6.07) is 1.13. The van der Waals surface area contributed by atoms with Gasteiger partial charge in [-0.1, -0.05) is 79.0 Å². The molecule has 15 heteroatoms. The summed E-state index contributed by atoms with van der Waals surface area (Å²) in [6.07, 6.45) is 14.4. The lowest BCUT2D eigenvalue weighted by Crippen LogP contribution is -2.42. The lowest BCUT2D eigenvalue weighted by molar-refractivity contribution is -0.140. The van der Waals surface area contributed by atoms with E-state index in [0.29, 0.717) is 11.0 Å². The Morgan fingerprint density at radius 3 is 1.77 bits per heavy atom. The summed E-state index contributed by atoms with van der Waals surface area (Å²) in [4.78, 5) is 48.6. The Kier molecular flexibility index (Phi) is 24.4. The Bertz CT molecular complexity index is 1640. The van der Waals surface area contributed by atoms with Crippen LogP contribution in [0.1, 0.15) is 133 Å². The van der Waals surface area contributed by atoms with Crippen molar-refractivity contribution in [3.63, 3.8) is 0 Å². The highest BCUT2D eigenvalue weighted by Gasteiger charge is 2.60. The summed E-state index contributed by atoms with van der Waals surface area (Å²) < 4.78 is 49.8. The number of aliphatic hydroxyl groups is 1. The van der Waals surface area contributed by atoms with E-state index < -0.39 is 50.4 Å². The molecule has 0 aliphatic carbocycles. The topological polar surface area (TPSA) is 163 Å². The third kappa shape index (κ3) is 21.5. The molecule has 0 radical (unpaired) electrons. The van der Waals surface area contributed by atoms with Gasteiger partial charge in [0.15, 0.2) is 6.10 Å². The van der Waals surface area contributed by atoms with Gasteiger partial charge < -0.3 is 29.8 Å². The molecule has 1 fully saturated rings. The first-order valence-electron chi connectivity index (χ1n) is 20.0. The van der Waals surface area contributed by atoms with Crippen LogP contribution >= 0.6 is 7.82 Å². The fraction of sp³-hybridized carbons (Fsp3) is 0.643. The molecule has 0 aromatic carbocycles. The Balaban J connectivity index is 0.00000211. The average Bonchev–Trinajstić information content (AvgIpc) is 3.35. The van der Waals surface area contributed by atoms with Gasteiger partial charge in [0.05, 0.1) is 6.61 Å². The van der Waals surface area contributed by atoms with E-state index in [1.807, 2.05) is 6.92 Å². The van der Waals surface area contributed by atoms with Crippen LogP contribution in [-0.2, 0) is 18.6 Å². The molecule has 0 saturated carbocycles. The van der Waals surface area contributed by atoms with Gasteiger partial charge in [-0.2, -0.15) is 13.8 Å². The molecule has 3 atom stereocenters. The van der Waals surface area contributed by atoms with Gasteiger partial charge in [0.2, 0.25) is 12.1 Å². The van der Waals surface area contributed by atoms with Gasteiger partial charge in [0.25, 0.3) is 0 Å². The highest BCUT2D eigenvalue weighted by molar-refractivity contribution is 7.46. The normalized spacial score (nSPS) is 19.0. The number of aliphatic hydroxyl groups excluding tert-OH is 1. The zero-order valence-corrected chi connectivity index (χ0v) is 36.5. The first-order chi connectivity index (χ1) is 26.7. The molecular weight excluding hydrogens is 757 g/mol. The number of ether oxygens (including phenoxy) is 1. The van der Waals surface area contributed by atoms with Crippen LogP contribution in [0.15, 0.2) is 75.3 Å². The van der Waals surface area contributed by atoms with Crippen LogP contribution in [0, 0.1) is 0 Å². The fourth-order valence-electron chi connectivity index (χ4n) is 5.87. The minimum atomic E-state index is -5.01. The highest BCUT2D eigenvalue weighted by atomic mass is 31.2. The lowest BCUT2D eigenvalue weighted by Gasteiger charge is -2.21. The zero-order valence-electron chi connectivity index (χ0n) is 35.6. The van der Waals surface area contributed by atoms with Gasteiger partial charge in [0.1, 0.15) is 11.9 Å². The molecule has 4 N–H and O–H groups in total. The number of amides is 1. The van der Waals surface area contributed by atoms with Crippen LogP contribution in [-0.4, -0.2) is 79.6 Å². The molecule has 1 amide bonds. The number of nitrogens with one attached hydrogen (secondary N) is 1. The first kappa shape index (κ1) is 51.9. The summed E-state index contributed by atoms with van der Waals surface area (Å²) in [6.45, 7) is 21.8. The van der Waals surface area contributed by atoms with Crippen LogP contribution in [0.4, 0.5) is 14.6 Å². The Hall–Kier alpha value is -3.10. The summed E-state index contributed by atoms with van der Waals surface area (Å²) in [5, 5.41) is 12.4. The molecule has 2 rings (SSSR count). The first-order valence-corrected chi connectivity index (χ1v) is 21.6. The van der Waals surface area contributed by atoms with Crippen LogP contribution in [0.2, 0.25) is 0 Å². The average molecular weight is 827 g/mol. The molecule has 2 heterocycles. The van der Waals surface area contributed by atoms with E-state index in [9.17, 15) is 28.0 Å². The Labute approximate surface area is 339 Å². The van der Waals surface area contributed by atoms with Crippen molar-refractivity contribution in [2.24, 2.45) is 0 Å². The Morgan fingerprint density at radius 1 is 0.860 bits per heavy atom. The van der Waals surface area contributed by atoms with Crippen molar-refractivity contribution in [3.05, 3.63) is 81.0 Å². The summed E-state index contributed by atoms with van der Waals surface area (Å²) in [5.41, 5.74) is 5.39. The Morgan fingerprint density at radius 2 is 1.33 bits per heavy atom. The van der Waals surface area contributed by atoms with Crippen molar-refractivity contribution < 1.29 is 42.3 Å². The molecule has 0 unspecified atom stereocenters. The zero-order chi connectivity index (χ0) is 43.2. The van der Waals surface area contributed by atoms with Gasteiger partial charge in [-0.15, -0.1) is 0 Å². The molecule has 1 aromatic heterocycles. The largest absolute Gasteiger partial charge is 0.469 e. The quantitative estimate of drug-likeness (QED) is 0.0475. The minimum Gasteiger partial charge on any atom is -0.384 e. The SMILES string of the molecule is CC(C)=CCC/C(C)=C/CC/C(C)=C/CC/C=C(\C)CC/C=C(\C)CCC(=O)Nc1ccn([C@@H]2O[C@H](COP(=O)(O)O)[C@@H](O)C2(F)F)c(=O)n1.CCN(CC)CC. The van der Waals surface area contributed by atoms with Crippen molar-refractivity contribution in [3.8, 4) is 0 Å². The van der Waals surface area contributed by atoms with Crippen molar-refractivity contribution >= 4 is 19.5 Å². The van der Waals surface area contributed by atoms with Gasteiger partial charge in [0, 0.05) is 12.6 Å². The number of carbonyl (C=O) groups is 1. The minimum absolute atomic E-state index is 0.121. The van der Waals surface area contributed by atoms with Crippen molar-refractivity contribution in [1.82, 2.24) is 14.5 Å². The van der Waals surface area contributed by atoms with Crippen LogP contribution in [0.5, 0.6) is 0 Å². The third-order valence-electron chi connectivity index (χ3n) is 9.53. The molecule has 0 spiro atoms. The third-order valence-corrected chi connectivity index (χ3v) is 10.0. The number of halogens is 2. The van der Waals surface area contributed by atoms with Crippen LogP contribution in [0.25, 0.3) is 0 Å². The van der Waals surface area contributed by atoms with E-state index in [-0.39, 0.29) is 12.2 Å². The molecule has 1 aliphatic rings. The maximum absolute atomic E-state index is 14.7. The predicted octanol–water partition coefficient (Wildman–Crippen LogP) is 9.19. The molecule has 1 aliphatic heterocycles. The second-order valence-electron chi connectivity index (χ2n) is 14.8. The van der Waals surface area contributed by atoms with Crippen molar-refractivity contribution in [2.45, 2.75) is 151 Å². The standard InChI is InChI=1S/C36H54F2N3O8P.C6H15N/c1-25(2)12-9-15-28(5)18-10-16-26(3)13-7-8-14-27(4)17-11-19-29(6)20-21-32(42)39-31-22-23-41(35(44)40-31)34-36(37,38)33(43)30(49-34)24-48-50(45,46)47;1-4-7(5-2)6-3/h12-14,18-19,22-23,30,33-34,43H,7-11,15-17,20-21,24H2,1-6H3,(H2,45,46,47)(H,39,40,42,44);4-6H2,1-3H3/b26-13+,27-14+,28-18+,29-19+;/t30-,33-,34-;/m1./s1. The van der Waals surface area contributed by atoms with Crippen molar-refractivity contribution in [2.75, 3.05) is 31.6 Å². The molecule has 12 nitrogen and oxygen atoms in total. The number of anilines is 1. The van der Waals surface area contributed by atoms with Crippen molar-refractivity contribution in [1.29, 1.82) is 0 Å². The number of unbranched alkanes of at least 4 members (excludes halogenated alkanes) is 1. The number of nitrogens with zero attached hydrogens (tertiary/aromatic N) is 3. The maximum Gasteiger partial charge on any atom is 0.469 e. The van der Waals surface area contributed by atoms with Gasteiger partial charge in [-0.25, -0.2) is 9.36 Å². The number of hydrogen-bond acceptors (Lipinski definition) is 8. The summed E-state index contributed by atoms with van der Waals surface area (Å²) in [5.74, 6) is -4.57. The number of carbonyl (C=O) groups excluding carboxylic acids is 1. The number of allylic oxidation sites excluding steroid dienone is 10. The van der Waals surface area contributed by atoms with E-state index >= 15 is 0 Å². The van der Waals surface area contributed by atoms with Crippen LogP contribution < -0.4 is 11.0 Å². The van der Waals surface area contributed by atoms with E-state index in [0.717, 1.165) is 69.2 Å². The number of phosphoric acid groups is 1. The molecule has 324 valence electrons. The molecule has 1 saturated heterocycles. The number of rotatable bonds is 23. The fourth-order valence-corrected chi connectivity index (χ4v) is 6.21. The van der Waals surface area contributed by atoms with E-state index in [4.69, 9.17) is 14.5 Å². The number of aromatic nitrogens is 2. The number of hydrogen-bond donors (Lipinski definition) is 4. The van der Waals surface area contributed by atoms with E-state index in [1.165, 1.54) is 41.9 Å². The molecular formula is C42H69F2N4O8P. The molecule has 0 bridgehead atoms. The number of alkyl halides is 2. The van der Waals surface area contributed by atoms with Gasteiger partial charge >= 0.3 is 19.4 Å². The van der Waals surface area contributed by atoms with Gasteiger partial charge in [-0.3, -0.25) is 13.9 Å². The summed E-state index contributed by atoms with van der Waals surface area (Å²) >= 11 is 0. The maximum atomic E-state index is 14.7. The predicted molar refractivity (Wildman–Crippen MR) is 224 cm³/mol. The van der Waals surface area contributed by atoms with E-state index in [2.05, 4.69) is 105 Å². The van der Waals surface area contributed by atoms with E-state index in [1.54, 1.807) is 0 Å². The summed E-state index contributed by atoms with van der Waals surface area (Å²) in [7, 11) is -5.01. The smallest absolute Gasteiger partial charge is 0.384 e. The molecule has 57 heavy (non-hydrogen) atoms. The second-order valence-corrected chi connectivity index (χ2v) is 16.0. The molecule has 1 aromatic rings. The number of phosphoric ester groups is 1.